The van der Waals surface area contributed by atoms with Crippen molar-refractivity contribution < 1.29 is 4.79 Å². The number of nitrogens with two attached hydrogens (primary N) is 2. The van der Waals surface area contributed by atoms with Gasteiger partial charge in [0.2, 0.25) is 0 Å². The third-order valence-electron chi connectivity index (χ3n) is 1.47. The van der Waals surface area contributed by atoms with E-state index in [9.17, 15) is 4.79 Å². The highest BCUT2D eigenvalue weighted by Gasteiger charge is 2.10. The molecule has 4 N–H and O–H groups in total. The Morgan fingerprint density at radius 3 is 2.75 bits per heavy atom. The minimum atomic E-state index is -0.614. The van der Waals surface area contributed by atoms with E-state index in [1.165, 1.54) is 0 Å². The van der Waals surface area contributed by atoms with E-state index in [-0.39, 0.29) is 5.69 Å². The van der Waals surface area contributed by atoms with Gasteiger partial charge >= 0.3 is 0 Å². The fourth-order valence-electron chi connectivity index (χ4n) is 0.830. The molecular weight excluding hydrogens is 222 g/mol. The van der Waals surface area contributed by atoms with Crippen molar-refractivity contribution in [2.45, 2.75) is 6.92 Å². The first-order valence-electron chi connectivity index (χ1n) is 3.25. The van der Waals surface area contributed by atoms with Crippen LogP contribution in [0.3, 0.4) is 0 Å². The van der Waals surface area contributed by atoms with Gasteiger partial charge in [0.15, 0.2) is 5.69 Å². The van der Waals surface area contributed by atoms with E-state index in [0.29, 0.717) is 10.3 Å². The monoisotopic (exact) mass is 229 g/mol. The number of amides is 1. The Hall–Kier alpha value is -1.10. The number of pyridine rings is 1. The number of nitrogens with zero attached hydrogens (tertiary/aromatic N) is 1. The summed E-state index contributed by atoms with van der Waals surface area (Å²) in [6.45, 7) is 1.79. The van der Waals surface area contributed by atoms with Gasteiger partial charge in [-0.25, -0.2) is 4.98 Å². The maximum Gasteiger partial charge on any atom is 0.269 e. The second kappa shape index (κ2) is 3.10. The molecule has 0 aliphatic heterocycles. The van der Waals surface area contributed by atoms with Gasteiger partial charge in [-0.15, -0.1) is 0 Å². The number of primary amides is 1. The van der Waals surface area contributed by atoms with Crippen molar-refractivity contribution in [2.24, 2.45) is 5.73 Å². The van der Waals surface area contributed by atoms with Crippen LogP contribution < -0.4 is 11.5 Å². The molecule has 1 amide bonds. The molecule has 1 aromatic rings. The molecule has 0 aromatic carbocycles. The van der Waals surface area contributed by atoms with E-state index in [2.05, 4.69) is 20.9 Å². The maximum atomic E-state index is 10.8. The molecule has 0 unspecified atom stereocenters. The molecule has 0 atom stereocenters. The largest absolute Gasteiger partial charge is 0.397 e. The zero-order valence-corrected chi connectivity index (χ0v) is 8.05. The molecular formula is C7H8BrN3O. The van der Waals surface area contributed by atoms with Crippen LogP contribution in [-0.2, 0) is 0 Å². The van der Waals surface area contributed by atoms with Gasteiger partial charge in [-0.05, 0) is 34.5 Å². The summed E-state index contributed by atoms with van der Waals surface area (Å²) in [7, 11) is 0. The van der Waals surface area contributed by atoms with Crippen LogP contribution in [0.1, 0.15) is 16.1 Å². The zero-order valence-electron chi connectivity index (χ0n) is 6.47. The van der Waals surface area contributed by atoms with Crippen molar-refractivity contribution in [3.05, 3.63) is 21.9 Å². The summed E-state index contributed by atoms with van der Waals surface area (Å²) in [5, 5.41) is 0. The van der Waals surface area contributed by atoms with Crippen molar-refractivity contribution in [3.63, 3.8) is 0 Å². The van der Waals surface area contributed by atoms with Gasteiger partial charge in [0.1, 0.15) is 4.60 Å². The van der Waals surface area contributed by atoms with Gasteiger partial charge in [0.25, 0.3) is 5.91 Å². The van der Waals surface area contributed by atoms with Crippen LogP contribution >= 0.6 is 15.9 Å². The summed E-state index contributed by atoms with van der Waals surface area (Å²) in [5.74, 6) is -0.614. The smallest absolute Gasteiger partial charge is 0.269 e. The molecule has 4 nitrogen and oxygen atoms in total. The predicted octanol–water partition coefficient (Wildman–Crippen LogP) is 0.834. The van der Waals surface area contributed by atoms with Crippen LogP contribution in [0.25, 0.3) is 0 Å². The Kier molecular flexibility index (Phi) is 2.32. The molecule has 5 heteroatoms. The third-order valence-corrected chi connectivity index (χ3v) is 1.87. The van der Waals surface area contributed by atoms with E-state index in [1.807, 2.05) is 0 Å². The average molecular weight is 230 g/mol. The van der Waals surface area contributed by atoms with Crippen molar-refractivity contribution in [2.75, 3.05) is 5.73 Å². The highest BCUT2D eigenvalue weighted by atomic mass is 79.9. The van der Waals surface area contributed by atoms with Gasteiger partial charge < -0.3 is 11.5 Å². The lowest BCUT2D eigenvalue weighted by atomic mass is 10.2. The third kappa shape index (κ3) is 1.55. The zero-order chi connectivity index (χ0) is 9.30. The number of hydrogen-bond acceptors (Lipinski definition) is 3. The van der Waals surface area contributed by atoms with Gasteiger partial charge in [0.05, 0.1) is 5.69 Å². The second-order valence-electron chi connectivity index (χ2n) is 2.39. The van der Waals surface area contributed by atoms with Crippen LogP contribution in [0, 0.1) is 6.92 Å². The highest BCUT2D eigenvalue weighted by Crippen LogP contribution is 2.18. The molecule has 0 fully saturated rings. The van der Waals surface area contributed by atoms with Gasteiger partial charge in [-0.1, -0.05) is 0 Å². The Morgan fingerprint density at radius 1 is 1.67 bits per heavy atom. The molecule has 0 radical (unpaired) electrons. The number of carbonyl (C=O) groups is 1. The Morgan fingerprint density at radius 2 is 2.25 bits per heavy atom. The first-order valence-corrected chi connectivity index (χ1v) is 4.04. The van der Waals surface area contributed by atoms with E-state index < -0.39 is 5.91 Å². The number of aryl methyl sites for hydroxylation is 1. The Balaban J connectivity index is 3.37. The van der Waals surface area contributed by atoms with Crippen molar-refractivity contribution >= 4 is 27.5 Å². The summed E-state index contributed by atoms with van der Waals surface area (Å²) in [4.78, 5) is 14.6. The topological polar surface area (TPSA) is 82.0 Å². The molecule has 1 heterocycles. The highest BCUT2D eigenvalue weighted by molar-refractivity contribution is 9.10. The van der Waals surface area contributed by atoms with Crippen LogP contribution in [0.5, 0.6) is 0 Å². The molecule has 1 aromatic heterocycles. The molecule has 0 saturated heterocycles. The summed E-state index contributed by atoms with van der Waals surface area (Å²) in [6, 6.07) is 1.72. The van der Waals surface area contributed by atoms with Crippen LogP contribution in [-0.4, -0.2) is 10.9 Å². The summed E-state index contributed by atoms with van der Waals surface area (Å²) >= 11 is 3.14. The minimum absolute atomic E-state index is 0.113. The predicted molar refractivity (Wildman–Crippen MR) is 49.6 cm³/mol. The molecule has 1 rings (SSSR count). The summed E-state index contributed by atoms with van der Waals surface area (Å²) in [6.07, 6.45) is 0. The first kappa shape index (κ1) is 8.99. The number of nitrogen functional groups attached to an aromatic ring is 1. The molecule has 64 valence electrons. The normalized spacial score (nSPS) is 9.83. The number of anilines is 1. The molecule has 0 bridgehead atoms. The molecule has 0 spiro atoms. The van der Waals surface area contributed by atoms with Crippen LogP contribution in [0.4, 0.5) is 5.69 Å². The first-order chi connectivity index (χ1) is 5.52. The van der Waals surface area contributed by atoms with E-state index in [4.69, 9.17) is 11.5 Å². The van der Waals surface area contributed by atoms with E-state index in [0.717, 1.165) is 5.56 Å². The number of rotatable bonds is 1. The van der Waals surface area contributed by atoms with E-state index >= 15 is 0 Å². The average Bonchev–Trinajstić information content (AvgIpc) is 1.96. The fraction of sp³-hybridized carbons (Fsp3) is 0.143. The number of hydrogen-bond donors (Lipinski definition) is 2. The number of carbonyl (C=O) groups excluding carboxylic acids is 1. The number of halogens is 1. The Labute approximate surface area is 78.1 Å². The summed E-state index contributed by atoms with van der Waals surface area (Å²) < 4.78 is 0.558. The SMILES string of the molecule is Cc1cc(Br)nc(C(N)=O)c1N. The fourth-order valence-corrected chi connectivity index (χ4v) is 1.35. The Bertz CT molecular complexity index is 338. The maximum absolute atomic E-state index is 10.8. The number of aromatic nitrogens is 1. The van der Waals surface area contributed by atoms with Gasteiger partial charge in [-0.2, -0.15) is 0 Å². The second-order valence-corrected chi connectivity index (χ2v) is 3.20. The molecule has 0 aliphatic rings. The van der Waals surface area contributed by atoms with Crippen LogP contribution in [0.2, 0.25) is 0 Å². The molecule has 12 heavy (non-hydrogen) atoms. The van der Waals surface area contributed by atoms with Crippen molar-refractivity contribution in [1.29, 1.82) is 0 Å². The van der Waals surface area contributed by atoms with Gasteiger partial charge in [-0.3, -0.25) is 4.79 Å². The lowest BCUT2D eigenvalue weighted by Gasteiger charge is -2.04. The van der Waals surface area contributed by atoms with Gasteiger partial charge in [0, 0.05) is 0 Å². The van der Waals surface area contributed by atoms with Crippen molar-refractivity contribution in [3.8, 4) is 0 Å². The van der Waals surface area contributed by atoms with E-state index in [1.54, 1.807) is 13.0 Å². The summed E-state index contributed by atoms with van der Waals surface area (Å²) in [5.41, 5.74) is 11.9. The van der Waals surface area contributed by atoms with Crippen LogP contribution in [0.15, 0.2) is 10.7 Å². The quantitative estimate of drug-likeness (QED) is 0.701. The lowest BCUT2D eigenvalue weighted by Crippen LogP contribution is -2.16. The molecule has 0 aliphatic carbocycles. The van der Waals surface area contributed by atoms with Crippen molar-refractivity contribution in [1.82, 2.24) is 4.98 Å². The lowest BCUT2D eigenvalue weighted by molar-refractivity contribution is 0.0996. The standard InChI is InChI=1S/C7H8BrN3O/c1-3-2-4(8)11-6(5(3)9)7(10)12/h2H,9H2,1H3,(H2,10,12). The minimum Gasteiger partial charge on any atom is -0.397 e. The molecule has 0 saturated carbocycles.